The summed E-state index contributed by atoms with van der Waals surface area (Å²) in [4.78, 5) is 21.2. The first kappa shape index (κ1) is 28.0. The van der Waals surface area contributed by atoms with Gasteiger partial charge >= 0.3 is 0 Å². The molecule has 0 amide bonds. The Morgan fingerprint density at radius 3 is 2.49 bits per heavy atom. The summed E-state index contributed by atoms with van der Waals surface area (Å²) in [5.74, 6) is 0.274. The summed E-state index contributed by atoms with van der Waals surface area (Å²) in [6, 6.07) is 5.28. The van der Waals surface area contributed by atoms with Crippen LogP contribution in [-0.2, 0) is 21.3 Å². The van der Waals surface area contributed by atoms with Gasteiger partial charge in [-0.3, -0.25) is 9.62 Å². The van der Waals surface area contributed by atoms with Crippen molar-refractivity contribution >= 4 is 32.6 Å². The zero-order valence-corrected chi connectivity index (χ0v) is 24.3. The quantitative estimate of drug-likeness (QED) is 0.423. The number of anilines is 2. The molecule has 2 aromatic heterocycles. The molecule has 1 aromatic carbocycles. The normalized spacial score (nSPS) is 19.3. The maximum Gasteiger partial charge on any atom is 0.238 e. The third kappa shape index (κ3) is 6.22. The van der Waals surface area contributed by atoms with Gasteiger partial charge in [-0.1, -0.05) is 0 Å². The van der Waals surface area contributed by atoms with Crippen LogP contribution in [0.3, 0.4) is 0 Å². The van der Waals surface area contributed by atoms with Gasteiger partial charge < -0.3 is 19.3 Å². The number of sulfonamides is 1. The molecule has 3 fully saturated rings. The molecule has 0 bridgehead atoms. The molecule has 0 unspecified atom stereocenters. The molecule has 0 atom stereocenters. The van der Waals surface area contributed by atoms with Crippen LogP contribution in [0.15, 0.2) is 24.4 Å². The molecule has 0 saturated carbocycles. The van der Waals surface area contributed by atoms with E-state index in [1.54, 1.807) is 18.3 Å². The highest BCUT2D eigenvalue weighted by atomic mass is 32.2. The van der Waals surface area contributed by atoms with E-state index >= 15 is 4.39 Å². The number of piperidine rings is 1. The number of nitrogens with one attached hydrogen (secondary N) is 1. The summed E-state index contributed by atoms with van der Waals surface area (Å²) in [5.41, 5.74) is 2.65. The average molecular weight is 586 g/mol. The third-order valence-corrected chi connectivity index (χ3v) is 8.69. The molecule has 6 rings (SSSR count). The van der Waals surface area contributed by atoms with Gasteiger partial charge in [0.1, 0.15) is 11.5 Å². The molecule has 5 heterocycles. The van der Waals surface area contributed by atoms with Crippen molar-refractivity contribution in [3.8, 4) is 17.1 Å². The lowest BCUT2D eigenvalue weighted by atomic mass is 9.98. The molecule has 220 valence electrons. The zero-order chi connectivity index (χ0) is 28.6. The van der Waals surface area contributed by atoms with Gasteiger partial charge in [0.25, 0.3) is 0 Å². The smallest absolute Gasteiger partial charge is 0.238 e. The molecule has 13 heteroatoms. The Labute approximate surface area is 239 Å². The van der Waals surface area contributed by atoms with Gasteiger partial charge in [-0.2, -0.15) is 0 Å². The topological polar surface area (TPSA) is 113 Å². The minimum absolute atomic E-state index is 0.124. The first-order valence-corrected chi connectivity index (χ1v) is 16.0. The predicted molar refractivity (Wildman–Crippen MR) is 155 cm³/mol. The van der Waals surface area contributed by atoms with Crippen molar-refractivity contribution in [2.45, 2.75) is 31.8 Å². The minimum Gasteiger partial charge on any atom is -0.480 e. The van der Waals surface area contributed by atoms with Crippen LogP contribution in [0.2, 0.25) is 0 Å². The van der Waals surface area contributed by atoms with E-state index in [0.29, 0.717) is 67.0 Å². The monoisotopic (exact) mass is 585 g/mol. The molecule has 3 saturated heterocycles. The number of nitrogens with zero attached hydrogens (tertiary/aromatic N) is 6. The highest BCUT2D eigenvalue weighted by molar-refractivity contribution is 7.92. The van der Waals surface area contributed by atoms with Crippen molar-refractivity contribution in [3.05, 3.63) is 35.8 Å². The summed E-state index contributed by atoms with van der Waals surface area (Å²) in [6.45, 7) is 7.28. The lowest BCUT2D eigenvalue weighted by Crippen LogP contribution is -2.50. The Bertz CT molecular complexity index is 1520. The molecule has 41 heavy (non-hydrogen) atoms. The first-order valence-electron chi connectivity index (χ1n) is 14.1. The van der Waals surface area contributed by atoms with Crippen molar-refractivity contribution in [1.29, 1.82) is 0 Å². The average Bonchev–Trinajstić information content (AvgIpc) is 2.92. The van der Waals surface area contributed by atoms with Crippen LogP contribution in [0, 0.1) is 5.82 Å². The van der Waals surface area contributed by atoms with E-state index in [2.05, 4.69) is 24.4 Å². The van der Waals surface area contributed by atoms with Crippen molar-refractivity contribution < 1.29 is 22.3 Å². The number of benzene rings is 1. The largest absolute Gasteiger partial charge is 0.480 e. The van der Waals surface area contributed by atoms with Gasteiger partial charge in [-0.15, -0.1) is 0 Å². The Balaban J connectivity index is 1.42. The van der Waals surface area contributed by atoms with E-state index in [0.717, 1.165) is 37.8 Å². The van der Waals surface area contributed by atoms with Crippen LogP contribution < -0.4 is 14.4 Å². The lowest BCUT2D eigenvalue weighted by molar-refractivity contribution is 0.0613. The zero-order valence-electron chi connectivity index (χ0n) is 23.5. The van der Waals surface area contributed by atoms with E-state index in [9.17, 15) is 8.42 Å². The maximum atomic E-state index is 15.2. The number of rotatable bonds is 8. The second-order valence-corrected chi connectivity index (χ2v) is 12.7. The van der Waals surface area contributed by atoms with Crippen molar-refractivity contribution in [2.75, 3.05) is 75.5 Å². The standard InChI is InChI=1S/C28H36FN7O4S/c1-39-27-24(33-41(2,37)38)15-19(17-30-27)25-23-16-21(29)14-20(18-34-8-4-22(5-9-34)35-6-3-7-35)26(23)32-28(31-25)36-10-12-40-13-11-36/h14-17,22,33H,3-13,18H2,1-2H3. The molecule has 0 aliphatic carbocycles. The molecule has 3 aliphatic heterocycles. The summed E-state index contributed by atoms with van der Waals surface area (Å²) >= 11 is 0. The van der Waals surface area contributed by atoms with E-state index in [1.807, 2.05) is 0 Å². The first-order chi connectivity index (χ1) is 19.8. The lowest BCUT2D eigenvalue weighted by Gasteiger charge is -2.43. The summed E-state index contributed by atoms with van der Waals surface area (Å²) in [7, 11) is -2.19. The van der Waals surface area contributed by atoms with Crippen LogP contribution in [0.4, 0.5) is 16.0 Å². The molecule has 3 aromatic rings. The fourth-order valence-corrected chi connectivity index (χ4v) is 6.45. The van der Waals surface area contributed by atoms with Gasteiger partial charge in [-0.25, -0.2) is 27.8 Å². The number of likely N-dealkylation sites (tertiary alicyclic amines) is 2. The number of hydrogen-bond acceptors (Lipinski definition) is 10. The van der Waals surface area contributed by atoms with Crippen LogP contribution in [0.5, 0.6) is 5.88 Å². The minimum atomic E-state index is -3.61. The second-order valence-electron chi connectivity index (χ2n) is 11.0. The fraction of sp³-hybridized carbons (Fsp3) is 0.536. The predicted octanol–water partition coefficient (Wildman–Crippen LogP) is 2.72. The molecule has 0 radical (unpaired) electrons. The highest BCUT2D eigenvalue weighted by Gasteiger charge is 2.28. The molecule has 1 N–H and O–H groups in total. The number of hydrogen-bond donors (Lipinski definition) is 1. The van der Waals surface area contributed by atoms with Crippen LogP contribution >= 0.6 is 0 Å². The molecular formula is C28H36FN7O4S. The van der Waals surface area contributed by atoms with Crippen molar-refractivity contribution in [1.82, 2.24) is 24.8 Å². The maximum absolute atomic E-state index is 15.2. The van der Waals surface area contributed by atoms with Crippen LogP contribution in [-0.4, -0.2) is 105 Å². The Hall–Kier alpha value is -3.13. The number of aromatic nitrogens is 3. The van der Waals surface area contributed by atoms with Crippen LogP contribution in [0.1, 0.15) is 24.8 Å². The number of ether oxygens (including phenoxy) is 2. The molecular weight excluding hydrogens is 549 g/mol. The van der Waals surface area contributed by atoms with Gasteiger partial charge in [-0.05, 0) is 69.2 Å². The van der Waals surface area contributed by atoms with Crippen molar-refractivity contribution in [2.24, 2.45) is 0 Å². The molecule has 3 aliphatic rings. The van der Waals surface area contributed by atoms with Crippen molar-refractivity contribution in [3.63, 3.8) is 0 Å². The van der Waals surface area contributed by atoms with E-state index in [1.165, 1.54) is 32.7 Å². The fourth-order valence-electron chi connectivity index (χ4n) is 5.91. The third-order valence-electron chi connectivity index (χ3n) is 8.10. The van der Waals surface area contributed by atoms with E-state index in [4.69, 9.17) is 19.4 Å². The van der Waals surface area contributed by atoms with Gasteiger partial charge in [0, 0.05) is 42.8 Å². The van der Waals surface area contributed by atoms with Gasteiger partial charge in [0.15, 0.2) is 0 Å². The Morgan fingerprint density at radius 1 is 1.07 bits per heavy atom. The number of halogens is 1. The summed E-state index contributed by atoms with van der Waals surface area (Å²) in [6.07, 6.45) is 6.13. The Morgan fingerprint density at radius 2 is 1.83 bits per heavy atom. The number of pyridine rings is 1. The second kappa shape index (κ2) is 11.6. The molecule has 0 spiro atoms. The Kier molecular flexibility index (Phi) is 7.94. The summed E-state index contributed by atoms with van der Waals surface area (Å²) < 4.78 is 52.6. The summed E-state index contributed by atoms with van der Waals surface area (Å²) in [5, 5.41) is 0.546. The SMILES string of the molecule is COc1ncc(-c2nc(N3CCOCC3)nc3c(CN4CCC(N5CCC5)CC4)cc(F)cc23)cc1NS(C)(=O)=O. The van der Waals surface area contributed by atoms with E-state index < -0.39 is 10.0 Å². The van der Waals surface area contributed by atoms with Gasteiger partial charge in [0.2, 0.25) is 21.9 Å². The number of fused-ring (bicyclic) bond motifs is 1. The van der Waals surface area contributed by atoms with Crippen LogP contribution in [0.25, 0.3) is 22.2 Å². The number of methoxy groups -OCH3 is 1. The number of morpholine rings is 1. The van der Waals surface area contributed by atoms with E-state index in [-0.39, 0.29) is 17.4 Å². The van der Waals surface area contributed by atoms with Gasteiger partial charge in [0.05, 0.1) is 37.8 Å². The molecule has 11 nitrogen and oxygen atoms in total. The highest BCUT2D eigenvalue weighted by Crippen LogP contribution is 2.35.